The van der Waals surface area contributed by atoms with E-state index in [1.165, 1.54) is 6.92 Å². The highest BCUT2D eigenvalue weighted by atomic mass is 19.4. The van der Waals surface area contributed by atoms with Crippen molar-refractivity contribution >= 4 is 45.0 Å². The van der Waals surface area contributed by atoms with Gasteiger partial charge in [0.15, 0.2) is 11.2 Å². The van der Waals surface area contributed by atoms with Crippen LogP contribution in [-0.4, -0.2) is 84.5 Å². The Morgan fingerprint density at radius 3 is 2.28 bits per heavy atom. The number of nitrogens with one attached hydrogen (secondary N) is 1. The molecule has 1 aromatic heterocycles. The van der Waals surface area contributed by atoms with Crippen molar-refractivity contribution < 1.29 is 45.5 Å². The van der Waals surface area contributed by atoms with Crippen LogP contribution in [-0.2, 0) is 22.6 Å². The Hall–Kier alpha value is -5.83. The van der Waals surface area contributed by atoms with Crippen LogP contribution in [0.4, 0.5) is 27.6 Å². The fourth-order valence-electron chi connectivity index (χ4n) is 7.35. The van der Waals surface area contributed by atoms with Crippen LogP contribution in [0.25, 0.3) is 21.7 Å². The number of hydrogen-bond donors (Lipinski definition) is 1. The number of fused-ring (bicyclic) bond motifs is 2. The van der Waals surface area contributed by atoms with E-state index in [1.54, 1.807) is 4.90 Å². The van der Waals surface area contributed by atoms with Crippen LogP contribution in [0, 0.1) is 0 Å². The minimum atomic E-state index is -5.99. The topological polar surface area (TPSA) is 112 Å². The molecule has 2 aliphatic rings. The number of piperazine rings is 1. The van der Waals surface area contributed by atoms with Crippen molar-refractivity contribution in [3.8, 4) is 5.75 Å². The molecule has 0 radical (unpaired) electrons. The second-order valence-corrected chi connectivity index (χ2v) is 14.3. The fraction of sp³-hybridized carbons (Fsp3) is 0.333. The average Bonchev–Trinajstić information content (AvgIpc) is 3.60. The Morgan fingerprint density at radius 2 is 1.56 bits per heavy atom. The van der Waals surface area contributed by atoms with Gasteiger partial charge >= 0.3 is 12.3 Å². The summed E-state index contributed by atoms with van der Waals surface area (Å²) in [6.07, 6.45) is -9.88. The van der Waals surface area contributed by atoms with Crippen LogP contribution < -0.4 is 20.4 Å². The maximum atomic E-state index is 14.3. The predicted octanol–water partition coefficient (Wildman–Crippen LogP) is 6.72. The zero-order valence-corrected chi connectivity index (χ0v) is 30.9. The molecule has 0 spiro atoms. The summed E-state index contributed by atoms with van der Waals surface area (Å²) in [5, 5.41) is 4.77. The smallest absolute Gasteiger partial charge is 0.453 e. The van der Waals surface area contributed by atoms with Crippen molar-refractivity contribution in [2.45, 2.75) is 57.1 Å². The molecule has 10 nitrogen and oxygen atoms in total. The molecule has 57 heavy (non-hydrogen) atoms. The van der Waals surface area contributed by atoms with E-state index in [2.05, 4.69) is 15.0 Å². The maximum absolute atomic E-state index is 14.3. The van der Waals surface area contributed by atoms with Crippen LogP contribution in [0.2, 0.25) is 0 Å². The number of anilines is 1. The summed E-state index contributed by atoms with van der Waals surface area (Å²) >= 11 is 0. The van der Waals surface area contributed by atoms with Gasteiger partial charge in [-0.1, -0.05) is 60.7 Å². The lowest BCUT2D eigenvalue weighted by molar-refractivity contribution is -0.360. The largest absolute Gasteiger partial charge is 0.499 e. The summed E-state index contributed by atoms with van der Waals surface area (Å²) in [6, 6.07) is 22.9. The Balaban J connectivity index is 1.09. The number of carbonyl (C=O) groups excluding carboxylic acids is 3. The van der Waals surface area contributed by atoms with Gasteiger partial charge in [-0.2, -0.15) is 22.0 Å². The third kappa shape index (κ3) is 8.63. The fourth-order valence-corrected chi connectivity index (χ4v) is 7.35. The Morgan fingerprint density at radius 1 is 0.842 bits per heavy atom. The second-order valence-electron chi connectivity index (χ2n) is 14.3. The van der Waals surface area contributed by atoms with Crippen LogP contribution >= 0.6 is 0 Å². The first-order valence-electron chi connectivity index (χ1n) is 18.6. The highest BCUT2D eigenvalue weighted by Crippen LogP contribution is 2.38. The lowest BCUT2D eigenvalue weighted by Gasteiger charge is -2.39. The molecule has 3 heterocycles. The molecule has 1 N–H and O–H groups in total. The van der Waals surface area contributed by atoms with E-state index >= 15 is 0 Å². The molecule has 5 aromatic rings. The number of Topliss-reactive ketones (excluding diaryl/α,β-unsaturated/α-hetero) is 1. The summed E-state index contributed by atoms with van der Waals surface area (Å²) < 4.78 is 74.5. The van der Waals surface area contributed by atoms with E-state index in [0.29, 0.717) is 45.2 Å². The molecule has 0 saturated carbocycles. The number of rotatable bonds is 12. The molecule has 0 unspecified atom stereocenters. The number of ether oxygens (including phenoxy) is 1. The standard InChI is InChI=1S/C42H39F5N4O6/c1-26(39(54)37-24-35(52)32-23-31(14-15-36(32)56-37)57-42(46,47)41(43,44)45)48-33(22-27-12-13-28-7-2-3-8-29(28)21-27)40(55)50-19-17-49(18-20-50)34-10-5-4-9-30(34)25-51-16-6-11-38(51)53/h2-5,7-10,12-15,21,23-24,26,33,48H,6,11,16-20,22,25H2,1H3/t26-,33-/m1/s1. The Labute approximate surface area is 323 Å². The van der Waals surface area contributed by atoms with Gasteiger partial charge in [0.2, 0.25) is 17.6 Å². The molecule has 0 aliphatic carbocycles. The molecule has 15 heteroatoms. The zero-order valence-electron chi connectivity index (χ0n) is 30.9. The van der Waals surface area contributed by atoms with Gasteiger partial charge in [0.1, 0.15) is 11.3 Å². The van der Waals surface area contributed by atoms with Crippen molar-refractivity contribution in [1.82, 2.24) is 15.1 Å². The molecule has 7 rings (SSSR count). The van der Waals surface area contributed by atoms with E-state index in [0.717, 1.165) is 58.8 Å². The highest BCUT2D eigenvalue weighted by Gasteiger charge is 2.61. The average molecular weight is 791 g/mol. The van der Waals surface area contributed by atoms with E-state index in [9.17, 15) is 41.1 Å². The summed E-state index contributed by atoms with van der Waals surface area (Å²) in [6.45, 7) is 4.63. The van der Waals surface area contributed by atoms with Gasteiger partial charge < -0.3 is 23.9 Å². The molecular formula is C42H39F5N4O6. The third-order valence-electron chi connectivity index (χ3n) is 10.4. The van der Waals surface area contributed by atoms with Crippen LogP contribution in [0.5, 0.6) is 5.75 Å². The number of benzene rings is 4. The molecule has 2 fully saturated rings. The summed E-state index contributed by atoms with van der Waals surface area (Å²) in [7, 11) is 0. The quantitative estimate of drug-likeness (QED) is 0.110. The first-order chi connectivity index (χ1) is 27.2. The number of halogens is 5. The van der Waals surface area contributed by atoms with E-state index < -0.39 is 47.1 Å². The number of amides is 2. The normalized spacial score (nSPS) is 16.3. The molecule has 2 amide bonds. The predicted molar refractivity (Wildman–Crippen MR) is 202 cm³/mol. The van der Waals surface area contributed by atoms with Crippen molar-refractivity contribution in [2.24, 2.45) is 0 Å². The zero-order chi connectivity index (χ0) is 40.5. The number of carbonyl (C=O) groups is 3. The van der Waals surface area contributed by atoms with E-state index in [1.807, 2.05) is 71.6 Å². The summed E-state index contributed by atoms with van der Waals surface area (Å²) in [5.41, 5.74) is 1.77. The maximum Gasteiger partial charge on any atom is 0.499 e. The van der Waals surface area contributed by atoms with Crippen LogP contribution in [0.15, 0.2) is 100 Å². The summed E-state index contributed by atoms with van der Waals surface area (Å²) in [5.74, 6) is -2.11. The highest BCUT2D eigenvalue weighted by molar-refractivity contribution is 5.99. The van der Waals surface area contributed by atoms with Gasteiger partial charge in [0.25, 0.3) is 0 Å². The molecule has 298 valence electrons. The summed E-state index contributed by atoms with van der Waals surface area (Å²) in [4.78, 5) is 59.2. The van der Waals surface area contributed by atoms with Gasteiger partial charge in [-0.25, -0.2) is 0 Å². The van der Waals surface area contributed by atoms with Crippen molar-refractivity contribution in [1.29, 1.82) is 0 Å². The van der Waals surface area contributed by atoms with Gasteiger partial charge in [-0.3, -0.25) is 24.5 Å². The minimum absolute atomic E-state index is 0.141. The molecule has 2 atom stereocenters. The first kappa shape index (κ1) is 39.4. The number of hydrogen-bond acceptors (Lipinski definition) is 8. The van der Waals surface area contributed by atoms with Crippen molar-refractivity contribution in [3.63, 3.8) is 0 Å². The number of alkyl halides is 5. The van der Waals surface area contributed by atoms with E-state index in [4.69, 9.17) is 4.42 Å². The minimum Gasteiger partial charge on any atom is -0.453 e. The van der Waals surface area contributed by atoms with Crippen molar-refractivity contribution in [2.75, 3.05) is 37.6 Å². The Kier molecular flexibility index (Phi) is 11.0. The van der Waals surface area contributed by atoms with Crippen LogP contribution in [0.1, 0.15) is 41.4 Å². The lowest BCUT2D eigenvalue weighted by atomic mass is 9.99. The molecule has 0 bridgehead atoms. The second kappa shape index (κ2) is 16.0. The molecule has 2 saturated heterocycles. The number of para-hydroxylation sites is 1. The van der Waals surface area contributed by atoms with Gasteiger partial charge in [-0.15, -0.1) is 0 Å². The monoisotopic (exact) mass is 790 g/mol. The van der Waals surface area contributed by atoms with Crippen LogP contribution in [0.3, 0.4) is 0 Å². The Bertz CT molecular complexity index is 2380. The number of ketones is 1. The first-order valence-corrected chi connectivity index (χ1v) is 18.6. The van der Waals surface area contributed by atoms with E-state index in [-0.39, 0.29) is 29.2 Å². The van der Waals surface area contributed by atoms with Gasteiger partial charge in [-0.05, 0) is 65.9 Å². The SMILES string of the molecule is C[C@@H](N[C@H](Cc1ccc2ccccc2c1)C(=O)N1CCN(c2ccccc2CN2CCCC2=O)CC1)C(=O)c1cc(=O)c2cc(OC(F)(F)C(F)(F)F)ccc2o1. The number of nitrogens with zero attached hydrogens (tertiary/aromatic N) is 3. The third-order valence-corrected chi connectivity index (χ3v) is 10.4. The van der Waals surface area contributed by atoms with Gasteiger partial charge in [0.05, 0.1) is 17.5 Å². The number of likely N-dealkylation sites (tertiary alicyclic amines) is 1. The molecule has 4 aromatic carbocycles. The van der Waals surface area contributed by atoms with Gasteiger partial charge in [0, 0.05) is 57.4 Å². The lowest BCUT2D eigenvalue weighted by Crippen LogP contribution is -2.57. The molecular weight excluding hydrogens is 751 g/mol. The molecule has 2 aliphatic heterocycles. The van der Waals surface area contributed by atoms with Crippen molar-refractivity contribution in [3.05, 3.63) is 118 Å².